The van der Waals surface area contributed by atoms with Gasteiger partial charge in [0.2, 0.25) is 0 Å². The fraction of sp³-hybridized carbons (Fsp3) is 0.619. The molecule has 0 saturated heterocycles. The molecule has 0 aliphatic heterocycles. The van der Waals surface area contributed by atoms with Crippen molar-refractivity contribution < 1.29 is 33.7 Å². The van der Waals surface area contributed by atoms with E-state index in [0.29, 0.717) is 12.8 Å². The second kappa shape index (κ2) is 11.5. The number of carbonyl (C=O) groups is 3. The first kappa shape index (κ1) is 26.5. The van der Waals surface area contributed by atoms with Crippen molar-refractivity contribution in [2.45, 2.75) is 46.1 Å². The lowest BCUT2D eigenvalue weighted by Gasteiger charge is -2.32. The molecule has 0 aliphatic rings. The molecule has 8 nitrogen and oxygen atoms in total. The molecule has 0 amide bonds. The Morgan fingerprint density at radius 2 is 1.34 bits per heavy atom. The van der Waals surface area contributed by atoms with Gasteiger partial charge in [-0.25, -0.2) is 9.59 Å². The van der Waals surface area contributed by atoms with E-state index in [4.69, 9.17) is 14.2 Å². The van der Waals surface area contributed by atoms with E-state index in [0.717, 1.165) is 12.2 Å². The summed E-state index contributed by atoms with van der Waals surface area (Å²) in [4.78, 5) is 39.5. The summed E-state index contributed by atoms with van der Waals surface area (Å²) in [7, 11) is 0. The van der Waals surface area contributed by atoms with Gasteiger partial charge in [-0.05, 0) is 47.3 Å². The monoisotopic (exact) mass is 411 g/mol. The highest BCUT2D eigenvalue weighted by molar-refractivity contribution is 5.81. The van der Waals surface area contributed by atoms with Gasteiger partial charge in [0.15, 0.2) is 0 Å². The summed E-state index contributed by atoms with van der Waals surface area (Å²) in [6, 6.07) is 0. The van der Waals surface area contributed by atoms with Gasteiger partial charge in [-0.2, -0.15) is 0 Å². The van der Waals surface area contributed by atoms with Crippen LogP contribution in [-0.2, 0) is 28.6 Å². The van der Waals surface area contributed by atoms with Crippen LogP contribution in [0.1, 0.15) is 40.5 Å². The molecule has 0 aliphatic carbocycles. The predicted molar refractivity (Wildman–Crippen MR) is 109 cm³/mol. The molecule has 8 heteroatoms. The summed E-state index contributed by atoms with van der Waals surface area (Å²) in [5.41, 5.74) is -2.51. The Morgan fingerprint density at radius 3 is 1.72 bits per heavy atom. The van der Waals surface area contributed by atoms with Gasteiger partial charge in [-0.1, -0.05) is 13.2 Å². The molecule has 0 aromatic heterocycles. The number of aliphatic hydroxyl groups excluding tert-OH is 1. The average Bonchev–Trinajstić information content (AvgIpc) is 2.71. The van der Waals surface area contributed by atoms with Crippen molar-refractivity contribution in [2.24, 2.45) is 15.8 Å². The van der Waals surface area contributed by atoms with Crippen molar-refractivity contribution >= 4 is 24.6 Å². The zero-order valence-corrected chi connectivity index (χ0v) is 17.9. The second-order valence-electron chi connectivity index (χ2n) is 8.21. The van der Waals surface area contributed by atoms with Crippen molar-refractivity contribution in [2.75, 3.05) is 26.4 Å². The molecule has 0 spiro atoms. The van der Waals surface area contributed by atoms with Crippen LogP contribution in [0, 0.1) is 10.8 Å². The fourth-order valence-electron chi connectivity index (χ4n) is 2.04. The van der Waals surface area contributed by atoms with E-state index < -0.39 is 35.3 Å². The molecule has 1 N–H and O–H groups in total. The van der Waals surface area contributed by atoms with Crippen molar-refractivity contribution in [1.29, 1.82) is 0 Å². The lowest BCUT2D eigenvalue weighted by atomic mass is 9.83. The number of carbonyl (C=O) groups excluding carboxylic acids is 3. The van der Waals surface area contributed by atoms with Gasteiger partial charge in [0.25, 0.3) is 0 Å². The van der Waals surface area contributed by atoms with Gasteiger partial charge < -0.3 is 19.3 Å². The lowest BCUT2D eigenvalue weighted by molar-refractivity contribution is -0.168. The maximum atomic E-state index is 12.6. The number of ether oxygens (including phenoxy) is 3. The standard InChI is InChI=1S/C21H33NO7/c1-8-16(24)27-13-21(12-23,14-28-17(25)9-2)15-29-18(26)19(3,4)10-11-20(5,6)22-7/h8-9,23H,1-2,7,10-15H2,3-6H3. The average molecular weight is 411 g/mol. The molecule has 0 aromatic rings. The summed E-state index contributed by atoms with van der Waals surface area (Å²) >= 11 is 0. The van der Waals surface area contributed by atoms with E-state index in [1.54, 1.807) is 13.8 Å². The Bertz CT molecular complexity index is 599. The summed E-state index contributed by atoms with van der Waals surface area (Å²) in [5.74, 6) is -1.94. The van der Waals surface area contributed by atoms with Gasteiger partial charge >= 0.3 is 17.9 Å². The van der Waals surface area contributed by atoms with Crippen LogP contribution in [0.15, 0.2) is 30.3 Å². The molecule has 0 heterocycles. The predicted octanol–water partition coefficient (Wildman–Crippen LogP) is 2.25. The number of hydrogen-bond acceptors (Lipinski definition) is 8. The molecule has 164 valence electrons. The van der Waals surface area contributed by atoms with Gasteiger partial charge in [-0.15, -0.1) is 0 Å². The van der Waals surface area contributed by atoms with E-state index in [1.807, 2.05) is 13.8 Å². The topological polar surface area (TPSA) is 111 Å². The third-order valence-electron chi connectivity index (χ3n) is 4.56. The molecule has 0 bridgehead atoms. The smallest absolute Gasteiger partial charge is 0.330 e. The first-order chi connectivity index (χ1) is 13.4. The molecule has 0 saturated carbocycles. The van der Waals surface area contributed by atoms with Crippen LogP contribution < -0.4 is 0 Å². The number of nitrogens with zero attached hydrogens (tertiary/aromatic N) is 1. The maximum absolute atomic E-state index is 12.6. The molecule has 0 fully saturated rings. The Labute approximate surface area is 172 Å². The summed E-state index contributed by atoms with van der Waals surface area (Å²) in [6.45, 7) is 15.9. The molecular weight excluding hydrogens is 378 g/mol. The molecule has 0 radical (unpaired) electrons. The highest BCUT2D eigenvalue weighted by atomic mass is 16.6. The van der Waals surface area contributed by atoms with Crippen LogP contribution in [-0.4, -0.2) is 61.7 Å². The van der Waals surface area contributed by atoms with Crippen LogP contribution in [0.4, 0.5) is 0 Å². The molecule has 0 unspecified atom stereocenters. The minimum atomic E-state index is -1.31. The van der Waals surface area contributed by atoms with Crippen LogP contribution in [0.5, 0.6) is 0 Å². The number of aliphatic imine (C=N–C) groups is 1. The Morgan fingerprint density at radius 1 is 0.897 bits per heavy atom. The van der Waals surface area contributed by atoms with Crippen LogP contribution >= 0.6 is 0 Å². The maximum Gasteiger partial charge on any atom is 0.330 e. The number of rotatable bonds is 14. The molecule has 29 heavy (non-hydrogen) atoms. The summed E-state index contributed by atoms with van der Waals surface area (Å²) in [5, 5.41) is 9.86. The van der Waals surface area contributed by atoms with Gasteiger partial charge in [-0.3, -0.25) is 9.79 Å². The van der Waals surface area contributed by atoms with E-state index >= 15 is 0 Å². The lowest BCUT2D eigenvalue weighted by Crippen LogP contribution is -2.43. The van der Waals surface area contributed by atoms with Gasteiger partial charge in [0.1, 0.15) is 19.8 Å². The highest BCUT2D eigenvalue weighted by Gasteiger charge is 2.38. The number of hydrogen-bond donors (Lipinski definition) is 1. The first-order valence-electron chi connectivity index (χ1n) is 9.21. The van der Waals surface area contributed by atoms with Crippen molar-refractivity contribution in [3.63, 3.8) is 0 Å². The van der Waals surface area contributed by atoms with Crippen LogP contribution in [0.3, 0.4) is 0 Å². The van der Waals surface area contributed by atoms with E-state index in [2.05, 4.69) is 24.9 Å². The minimum absolute atomic E-state index is 0.316. The van der Waals surface area contributed by atoms with Crippen LogP contribution in [0.2, 0.25) is 0 Å². The Balaban J connectivity index is 5.19. The molecule has 0 rings (SSSR count). The first-order valence-corrected chi connectivity index (χ1v) is 9.21. The largest absolute Gasteiger partial charge is 0.464 e. The quantitative estimate of drug-likeness (QED) is 0.202. The van der Waals surface area contributed by atoms with Crippen molar-refractivity contribution in [1.82, 2.24) is 0 Å². The number of esters is 3. The molecular formula is C21H33NO7. The van der Waals surface area contributed by atoms with E-state index in [-0.39, 0.29) is 25.4 Å². The fourth-order valence-corrected chi connectivity index (χ4v) is 2.04. The van der Waals surface area contributed by atoms with Crippen molar-refractivity contribution in [3.8, 4) is 0 Å². The minimum Gasteiger partial charge on any atom is -0.464 e. The number of aliphatic hydroxyl groups is 1. The zero-order chi connectivity index (χ0) is 22.7. The van der Waals surface area contributed by atoms with Crippen molar-refractivity contribution in [3.05, 3.63) is 25.3 Å². The van der Waals surface area contributed by atoms with E-state index in [1.165, 1.54) is 0 Å². The Kier molecular flexibility index (Phi) is 10.5. The van der Waals surface area contributed by atoms with Crippen LogP contribution in [0.25, 0.3) is 0 Å². The van der Waals surface area contributed by atoms with Gasteiger partial charge in [0.05, 0.1) is 23.0 Å². The van der Waals surface area contributed by atoms with Gasteiger partial charge in [0, 0.05) is 12.2 Å². The second-order valence-corrected chi connectivity index (χ2v) is 8.21. The third kappa shape index (κ3) is 9.51. The highest BCUT2D eigenvalue weighted by Crippen LogP contribution is 2.30. The Hall–Kier alpha value is -2.48. The SMILES string of the molecule is C=CC(=O)OCC(CO)(COC(=O)C=C)COC(=O)C(C)(C)CCC(C)(C)N=C. The summed E-state index contributed by atoms with van der Waals surface area (Å²) < 4.78 is 15.4. The van der Waals surface area contributed by atoms with E-state index in [9.17, 15) is 19.5 Å². The molecule has 0 atom stereocenters. The molecule has 0 aromatic carbocycles. The summed E-state index contributed by atoms with van der Waals surface area (Å²) in [6.07, 6.45) is 3.04. The zero-order valence-electron chi connectivity index (χ0n) is 17.9. The normalized spacial score (nSPS) is 11.9. The third-order valence-corrected chi connectivity index (χ3v) is 4.56.